The Morgan fingerprint density at radius 2 is 0.788 bits per heavy atom. The van der Waals surface area contributed by atoms with Crippen molar-refractivity contribution < 1.29 is 47.7 Å². The predicted octanol–water partition coefficient (Wildman–Crippen LogP) is 1.67. The minimum atomic E-state index is -1.23. The number of allylic oxidation sites excluding steroid dienone is 2. The van der Waals surface area contributed by atoms with E-state index >= 15 is 0 Å². The average Bonchev–Trinajstić information content (AvgIpc) is 3.40. The third-order valence-electron chi connectivity index (χ3n) is 6.41. The molecule has 4 aromatic rings. The molecule has 0 saturated carbocycles. The molecule has 2 aliphatic rings. The molecule has 6 rings (SSSR count). The van der Waals surface area contributed by atoms with Gasteiger partial charge >= 0.3 is 196 Å². The summed E-state index contributed by atoms with van der Waals surface area (Å²) in [6, 6.07) is 40.1. The van der Waals surface area contributed by atoms with Gasteiger partial charge in [-0.1, -0.05) is 0 Å². The van der Waals surface area contributed by atoms with Crippen molar-refractivity contribution in [1.29, 1.82) is 0 Å². The van der Waals surface area contributed by atoms with Crippen molar-refractivity contribution in [1.82, 2.24) is 0 Å². The number of hydrogen-bond donors (Lipinski definition) is 0. The molecular weight excluding hydrogens is 610 g/mol. The van der Waals surface area contributed by atoms with E-state index in [4.69, 9.17) is 0 Å². The molecular formula is C30H22Cl2Hf. The monoisotopic (exact) mass is 632 g/mol. The van der Waals surface area contributed by atoms with Crippen molar-refractivity contribution in [3.63, 3.8) is 0 Å². The maximum atomic E-state index is 2.45. The van der Waals surface area contributed by atoms with Crippen molar-refractivity contribution in [2.45, 2.75) is 7.35 Å². The van der Waals surface area contributed by atoms with Gasteiger partial charge in [0.1, 0.15) is 0 Å². The topological polar surface area (TPSA) is 0 Å². The van der Waals surface area contributed by atoms with Crippen molar-refractivity contribution >= 4 is 23.3 Å². The normalized spacial score (nSPS) is 17.5. The van der Waals surface area contributed by atoms with E-state index in [2.05, 4.69) is 121 Å². The number of hydrogen-bond acceptors (Lipinski definition) is 0. The third kappa shape index (κ3) is 4.47. The Bertz CT molecular complexity index is 1210. The molecule has 4 aromatic carbocycles. The molecule has 3 heteroatoms. The second-order valence-electron chi connectivity index (χ2n) is 8.22. The molecule has 0 aliphatic heterocycles. The second-order valence-corrected chi connectivity index (χ2v) is 13.6. The summed E-state index contributed by atoms with van der Waals surface area (Å²) >= 11 is -1.23. The Morgan fingerprint density at radius 3 is 1.21 bits per heavy atom. The summed E-state index contributed by atoms with van der Waals surface area (Å²) < 4.78 is 1.17. The fraction of sp³-hybridized carbons (Fsp3) is 0.0667. The molecule has 0 radical (unpaired) electrons. The molecule has 2 unspecified atom stereocenters. The van der Waals surface area contributed by atoms with Crippen molar-refractivity contribution in [3.05, 3.63) is 143 Å². The maximum absolute atomic E-state index is 2.45. The van der Waals surface area contributed by atoms with E-state index in [0.29, 0.717) is 7.35 Å². The van der Waals surface area contributed by atoms with Gasteiger partial charge in [-0.2, -0.15) is 0 Å². The van der Waals surface area contributed by atoms with E-state index in [-0.39, 0.29) is 24.8 Å². The first kappa shape index (κ1) is 24.0. The zero-order valence-corrected chi connectivity index (χ0v) is 23.1. The number of benzene rings is 4. The molecule has 0 aromatic heterocycles. The third-order valence-corrected chi connectivity index (χ3v) is 13.3. The van der Waals surface area contributed by atoms with Crippen LogP contribution in [0.5, 0.6) is 0 Å². The van der Waals surface area contributed by atoms with Crippen LogP contribution in [0.3, 0.4) is 0 Å². The molecule has 2 aliphatic carbocycles. The van der Waals surface area contributed by atoms with Gasteiger partial charge in [-0.25, -0.2) is 0 Å². The van der Waals surface area contributed by atoms with E-state index in [0.717, 1.165) is 0 Å². The Hall–Kier alpha value is -2.19. The van der Waals surface area contributed by atoms with Crippen molar-refractivity contribution in [3.8, 4) is 0 Å². The minimum Gasteiger partial charge on any atom is -1.00 e. The van der Waals surface area contributed by atoms with E-state index < -0.39 is 22.9 Å². The molecule has 0 bridgehead atoms. The summed E-state index contributed by atoms with van der Waals surface area (Å²) in [6.45, 7) is 0. The molecule has 0 nitrogen and oxygen atoms in total. The standard InChI is InChI=1S/2C15H11.2ClH.Hf/c2*1-2-6-12(7-3-1)15-10-13-8-4-5-9-14(13)11-15;;;/h2*1-11H;2*1H;/q;;;;+2/p-2. The van der Waals surface area contributed by atoms with Crippen LogP contribution in [-0.4, -0.2) is 0 Å². The predicted molar refractivity (Wildman–Crippen MR) is 127 cm³/mol. The van der Waals surface area contributed by atoms with Gasteiger partial charge in [-0.3, -0.25) is 0 Å². The van der Waals surface area contributed by atoms with E-state index in [1.165, 1.54) is 33.4 Å². The van der Waals surface area contributed by atoms with Gasteiger partial charge in [-0.05, 0) is 0 Å². The Kier molecular flexibility index (Phi) is 7.54. The SMILES string of the molecule is C1=C(c2ccccc2)[CH]([Hf+2][CH]2C(c3ccccc3)=Cc3ccccc32)c2ccccc21.[Cl-].[Cl-]. The molecule has 0 heterocycles. The Labute approximate surface area is 219 Å². The van der Waals surface area contributed by atoms with E-state index in [1.807, 2.05) is 0 Å². The molecule has 0 N–H and O–H groups in total. The summed E-state index contributed by atoms with van der Waals surface area (Å²) in [5, 5.41) is 0. The summed E-state index contributed by atoms with van der Waals surface area (Å²) in [6.07, 6.45) is 4.91. The number of rotatable bonds is 4. The van der Waals surface area contributed by atoms with Gasteiger partial charge in [-0.15, -0.1) is 0 Å². The first-order valence-corrected chi connectivity index (χ1v) is 15.0. The van der Waals surface area contributed by atoms with E-state index in [1.54, 1.807) is 11.1 Å². The van der Waals surface area contributed by atoms with Crippen LogP contribution in [0.1, 0.15) is 40.7 Å². The first-order valence-electron chi connectivity index (χ1n) is 10.9. The zero-order chi connectivity index (χ0) is 20.6. The second kappa shape index (κ2) is 10.4. The molecule has 0 amide bonds. The van der Waals surface area contributed by atoms with Gasteiger partial charge in [0.05, 0.1) is 0 Å². The maximum Gasteiger partial charge on any atom is -1.00 e. The average molecular weight is 632 g/mol. The van der Waals surface area contributed by atoms with Crippen LogP contribution >= 0.6 is 0 Å². The first-order chi connectivity index (χ1) is 15.4. The molecule has 0 fully saturated rings. The summed E-state index contributed by atoms with van der Waals surface area (Å²) in [5.41, 5.74) is 11.7. The molecule has 160 valence electrons. The smallest absolute Gasteiger partial charge is 1.00 e. The van der Waals surface area contributed by atoms with Crippen molar-refractivity contribution in [2.75, 3.05) is 0 Å². The Morgan fingerprint density at radius 1 is 0.424 bits per heavy atom. The zero-order valence-electron chi connectivity index (χ0n) is 18.0. The van der Waals surface area contributed by atoms with Gasteiger partial charge in [0.15, 0.2) is 0 Å². The summed E-state index contributed by atoms with van der Waals surface area (Å²) in [4.78, 5) is 0. The van der Waals surface area contributed by atoms with Crippen LogP contribution in [0.4, 0.5) is 0 Å². The summed E-state index contributed by atoms with van der Waals surface area (Å²) in [7, 11) is 0. The number of fused-ring (bicyclic) bond motifs is 2. The van der Waals surface area contributed by atoms with E-state index in [9.17, 15) is 0 Å². The Balaban J connectivity index is 0.00000130. The molecule has 33 heavy (non-hydrogen) atoms. The summed E-state index contributed by atoms with van der Waals surface area (Å²) in [5.74, 6) is 0. The molecule has 2 atom stereocenters. The van der Waals surface area contributed by atoms with Crippen LogP contribution in [0.15, 0.2) is 109 Å². The minimum absolute atomic E-state index is 0. The van der Waals surface area contributed by atoms with Crippen LogP contribution in [-0.2, 0) is 22.9 Å². The van der Waals surface area contributed by atoms with Crippen LogP contribution in [0.2, 0.25) is 0 Å². The van der Waals surface area contributed by atoms with Crippen LogP contribution in [0.25, 0.3) is 23.3 Å². The quantitative estimate of drug-likeness (QED) is 0.301. The van der Waals surface area contributed by atoms with Crippen LogP contribution in [0, 0.1) is 0 Å². The largest absolute Gasteiger partial charge is 1.00 e. The molecule has 0 saturated heterocycles. The van der Waals surface area contributed by atoms with Gasteiger partial charge in [0.2, 0.25) is 0 Å². The fourth-order valence-electron chi connectivity index (χ4n) is 4.93. The van der Waals surface area contributed by atoms with Crippen molar-refractivity contribution in [2.24, 2.45) is 0 Å². The van der Waals surface area contributed by atoms with Gasteiger partial charge < -0.3 is 24.8 Å². The fourth-order valence-corrected chi connectivity index (χ4v) is 12.4. The van der Waals surface area contributed by atoms with Crippen LogP contribution < -0.4 is 24.8 Å². The van der Waals surface area contributed by atoms with Gasteiger partial charge in [0.25, 0.3) is 0 Å². The number of halogens is 2. The molecule has 0 spiro atoms. The van der Waals surface area contributed by atoms with Gasteiger partial charge in [0, 0.05) is 0 Å².